The van der Waals surface area contributed by atoms with Crippen molar-refractivity contribution >= 4 is 17.6 Å². The Morgan fingerprint density at radius 2 is 2.00 bits per heavy atom. The van der Waals surface area contributed by atoms with Crippen molar-refractivity contribution in [2.45, 2.75) is 6.42 Å². The van der Waals surface area contributed by atoms with E-state index < -0.39 is 0 Å². The maximum atomic E-state index is 12.0. The van der Waals surface area contributed by atoms with Crippen LogP contribution in [0.15, 0.2) is 48.8 Å². The summed E-state index contributed by atoms with van der Waals surface area (Å²) in [6, 6.07) is 7.98. The van der Waals surface area contributed by atoms with E-state index in [1.165, 1.54) is 0 Å². The monoisotopic (exact) mass is 209 g/mol. The molecule has 0 N–H and O–H groups in total. The number of carbonyl (C=O) groups excluding carboxylic acids is 1. The SMILES string of the molecule is O=C1CC=CN2C=CC=c3ccccc3=C12. The van der Waals surface area contributed by atoms with Gasteiger partial charge < -0.3 is 4.90 Å². The van der Waals surface area contributed by atoms with Crippen LogP contribution in [0.5, 0.6) is 0 Å². The lowest BCUT2D eigenvalue weighted by molar-refractivity contribution is -0.114. The molecule has 2 aliphatic heterocycles. The normalized spacial score (nSPS) is 17.6. The van der Waals surface area contributed by atoms with Gasteiger partial charge in [0.2, 0.25) is 0 Å². The highest BCUT2D eigenvalue weighted by molar-refractivity contribution is 6.15. The molecule has 0 radical (unpaired) electrons. The zero-order chi connectivity index (χ0) is 11.0. The molecule has 0 bridgehead atoms. The van der Waals surface area contributed by atoms with Gasteiger partial charge in [0.15, 0.2) is 5.78 Å². The van der Waals surface area contributed by atoms with E-state index in [1.54, 1.807) is 0 Å². The lowest BCUT2D eigenvalue weighted by Crippen LogP contribution is -2.34. The summed E-state index contributed by atoms with van der Waals surface area (Å²) >= 11 is 0. The first kappa shape index (κ1) is 9.16. The molecule has 2 heteroatoms. The Labute approximate surface area is 93.5 Å². The molecule has 0 spiro atoms. The quantitative estimate of drug-likeness (QED) is 0.632. The molecule has 2 nitrogen and oxygen atoms in total. The molecule has 0 saturated heterocycles. The third kappa shape index (κ3) is 1.31. The van der Waals surface area contributed by atoms with Crippen LogP contribution in [0.4, 0.5) is 0 Å². The Balaban J connectivity index is 2.45. The van der Waals surface area contributed by atoms with Crippen molar-refractivity contribution in [1.82, 2.24) is 4.90 Å². The van der Waals surface area contributed by atoms with Crippen LogP contribution in [0.1, 0.15) is 6.42 Å². The van der Waals surface area contributed by atoms with Gasteiger partial charge in [0.1, 0.15) is 0 Å². The number of benzene rings is 1. The third-order valence-electron chi connectivity index (χ3n) is 2.83. The highest BCUT2D eigenvalue weighted by Crippen LogP contribution is 2.16. The standard InChI is InChI=1S/C14H11NO/c16-13-8-4-10-15-9-3-6-11-5-1-2-7-12(11)14(13)15/h1-7,9-10H,8H2. The van der Waals surface area contributed by atoms with Crippen LogP contribution in [0, 0.1) is 0 Å². The maximum absolute atomic E-state index is 12.0. The molecule has 0 atom stereocenters. The first-order valence-electron chi connectivity index (χ1n) is 5.32. The number of rotatable bonds is 0. The number of hydrogen-bond acceptors (Lipinski definition) is 2. The van der Waals surface area contributed by atoms with E-state index in [1.807, 2.05) is 59.8 Å². The molecule has 16 heavy (non-hydrogen) atoms. The molecule has 0 saturated carbocycles. The number of carbonyl (C=O) groups is 1. The van der Waals surface area contributed by atoms with E-state index in [9.17, 15) is 4.79 Å². The number of allylic oxidation sites excluding steroid dienone is 2. The molecule has 2 heterocycles. The molecule has 0 unspecified atom stereocenters. The van der Waals surface area contributed by atoms with Crippen molar-refractivity contribution in [3.63, 3.8) is 0 Å². The number of ketones is 1. The van der Waals surface area contributed by atoms with Gasteiger partial charge in [0.25, 0.3) is 0 Å². The molecular formula is C14H11NO. The lowest BCUT2D eigenvalue weighted by Gasteiger charge is -2.21. The second-order valence-corrected chi connectivity index (χ2v) is 3.86. The largest absolute Gasteiger partial charge is 0.321 e. The third-order valence-corrected chi connectivity index (χ3v) is 2.83. The summed E-state index contributed by atoms with van der Waals surface area (Å²) < 4.78 is 0. The zero-order valence-electron chi connectivity index (χ0n) is 8.76. The zero-order valence-corrected chi connectivity index (χ0v) is 8.76. The van der Waals surface area contributed by atoms with E-state index in [2.05, 4.69) is 0 Å². The maximum Gasteiger partial charge on any atom is 0.183 e. The van der Waals surface area contributed by atoms with Gasteiger partial charge in [0.05, 0.1) is 5.70 Å². The predicted octanol–water partition coefficient (Wildman–Crippen LogP) is 0.891. The minimum absolute atomic E-state index is 0.176. The summed E-state index contributed by atoms with van der Waals surface area (Å²) in [7, 11) is 0. The van der Waals surface area contributed by atoms with E-state index >= 15 is 0 Å². The van der Waals surface area contributed by atoms with Crippen LogP contribution in [-0.2, 0) is 4.79 Å². The number of fused-ring (bicyclic) bond motifs is 2. The second-order valence-electron chi connectivity index (χ2n) is 3.86. The van der Waals surface area contributed by atoms with Crippen molar-refractivity contribution in [1.29, 1.82) is 0 Å². The molecule has 0 amide bonds. The van der Waals surface area contributed by atoms with Gasteiger partial charge in [-0.05, 0) is 11.3 Å². The summed E-state index contributed by atoms with van der Waals surface area (Å²) in [6.07, 6.45) is 10.3. The van der Waals surface area contributed by atoms with Crippen LogP contribution in [0.25, 0.3) is 11.8 Å². The van der Waals surface area contributed by atoms with Crippen LogP contribution < -0.4 is 10.4 Å². The molecular weight excluding hydrogens is 198 g/mol. The lowest BCUT2D eigenvalue weighted by atomic mass is 10.1. The van der Waals surface area contributed by atoms with E-state index in [0.29, 0.717) is 6.42 Å². The Bertz CT molecular complexity index is 622. The fraction of sp³-hybridized carbons (Fsp3) is 0.0714. The molecule has 0 aromatic heterocycles. The van der Waals surface area contributed by atoms with Crippen molar-refractivity contribution < 1.29 is 4.79 Å². The van der Waals surface area contributed by atoms with E-state index in [0.717, 1.165) is 16.1 Å². The minimum Gasteiger partial charge on any atom is -0.321 e. The Hall–Kier alpha value is -2.09. The minimum atomic E-state index is 0.176. The number of hydrogen-bond donors (Lipinski definition) is 0. The van der Waals surface area contributed by atoms with Crippen LogP contribution >= 0.6 is 0 Å². The van der Waals surface area contributed by atoms with Gasteiger partial charge >= 0.3 is 0 Å². The summed E-state index contributed by atoms with van der Waals surface area (Å²) in [5.74, 6) is 0.176. The van der Waals surface area contributed by atoms with Gasteiger partial charge in [-0.2, -0.15) is 0 Å². The van der Waals surface area contributed by atoms with Gasteiger partial charge in [-0.15, -0.1) is 0 Å². The van der Waals surface area contributed by atoms with Crippen molar-refractivity contribution in [2.75, 3.05) is 0 Å². The number of nitrogens with zero attached hydrogens (tertiary/aromatic N) is 1. The van der Waals surface area contributed by atoms with Gasteiger partial charge in [-0.25, -0.2) is 0 Å². The summed E-state index contributed by atoms with van der Waals surface area (Å²) in [5, 5.41) is 2.11. The van der Waals surface area contributed by atoms with E-state index in [4.69, 9.17) is 0 Å². The highest BCUT2D eigenvalue weighted by atomic mass is 16.1. The average Bonchev–Trinajstić information content (AvgIpc) is 2.49. The van der Waals surface area contributed by atoms with Gasteiger partial charge in [0, 0.05) is 24.0 Å². The summed E-state index contributed by atoms with van der Waals surface area (Å²) in [5.41, 5.74) is 0.781. The molecule has 0 fully saturated rings. The van der Waals surface area contributed by atoms with Crippen LogP contribution in [-0.4, -0.2) is 10.7 Å². The van der Waals surface area contributed by atoms with Crippen LogP contribution in [0.3, 0.4) is 0 Å². The summed E-state index contributed by atoms with van der Waals surface area (Å²) in [6.45, 7) is 0. The van der Waals surface area contributed by atoms with Crippen molar-refractivity contribution in [3.8, 4) is 0 Å². The number of Topliss-reactive ketones (excluding diaryl/α,β-unsaturated/α-hetero) is 1. The average molecular weight is 209 g/mol. The molecule has 78 valence electrons. The molecule has 3 rings (SSSR count). The predicted molar refractivity (Wildman–Crippen MR) is 63.3 cm³/mol. The van der Waals surface area contributed by atoms with E-state index in [-0.39, 0.29) is 5.78 Å². The molecule has 1 aromatic carbocycles. The smallest absolute Gasteiger partial charge is 0.183 e. The molecule has 2 aliphatic rings. The van der Waals surface area contributed by atoms with Gasteiger partial charge in [-0.1, -0.05) is 36.4 Å². The van der Waals surface area contributed by atoms with Crippen molar-refractivity contribution in [3.05, 3.63) is 59.3 Å². The second kappa shape index (κ2) is 3.49. The molecule has 1 aromatic rings. The Morgan fingerprint density at radius 3 is 2.94 bits per heavy atom. The van der Waals surface area contributed by atoms with Crippen molar-refractivity contribution in [2.24, 2.45) is 0 Å². The van der Waals surface area contributed by atoms with Gasteiger partial charge in [-0.3, -0.25) is 4.79 Å². The fourth-order valence-corrected chi connectivity index (χ4v) is 2.10. The highest BCUT2D eigenvalue weighted by Gasteiger charge is 2.18. The Morgan fingerprint density at radius 1 is 1.12 bits per heavy atom. The topological polar surface area (TPSA) is 20.3 Å². The Kier molecular flexibility index (Phi) is 2.00. The van der Waals surface area contributed by atoms with Crippen LogP contribution in [0.2, 0.25) is 0 Å². The summed E-state index contributed by atoms with van der Waals surface area (Å²) in [4.78, 5) is 13.9. The fourth-order valence-electron chi connectivity index (χ4n) is 2.10. The first-order chi connectivity index (χ1) is 7.86. The molecule has 0 aliphatic carbocycles. The first-order valence-corrected chi connectivity index (χ1v) is 5.32.